The van der Waals surface area contributed by atoms with Crippen molar-refractivity contribution in [2.24, 2.45) is 0 Å². The highest BCUT2D eigenvalue weighted by molar-refractivity contribution is 5.89. The van der Waals surface area contributed by atoms with Crippen molar-refractivity contribution in [1.29, 1.82) is 0 Å². The number of urea groups is 1. The van der Waals surface area contributed by atoms with E-state index in [2.05, 4.69) is 15.5 Å². The van der Waals surface area contributed by atoms with Crippen molar-refractivity contribution in [2.45, 2.75) is 13.1 Å². The fraction of sp³-hybridized carbons (Fsp3) is 0.261. The molecule has 2 amide bonds. The number of nitrogens with zero attached hydrogens (tertiary/aromatic N) is 4. The van der Waals surface area contributed by atoms with Crippen LogP contribution in [0.4, 0.5) is 33.9 Å². The van der Waals surface area contributed by atoms with Crippen LogP contribution in [0.15, 0.2) is 54.6 Å². The van der Waals surface area contributed by atoms with Gasteiger partial charge in [-0.05, 0) is 37.3 Å². The van der Waals surface area contributed by atoms with Crippen molar-refractivity contribution in [3.63, 3.8) is 0 Å². The third kappa shape index (κ3) is 5.21. The summed E-state index contributed by atoms with van der Waals surface area (Å²) in [5, 5.41) is 11.0. The summed E-state index contributed by atoms with van der Waals surface area (Å²) in [6.07, 6.45) is -4.84. The number of piperazine rings is 1. The first-order valence-electron chi connectivity index (χ1n) is 10.3. The number of amides is 2. The number of alkyl halides is 3. The molecular weight excluding hydrogens is 438 g/mol. The summed E-state index contributed by atoms with van der Waals surface area (Å²) in [6.45, 7) is 3.69. The Morgan fingerprint density at radius 3 is 2.24 bits per heavy atom. The SMILES string of the molecule is Cc1ccc(-c2ccc(N3CCN(C(=O)Nc4ccc(F)c(C(F)(F)F)c4)CC3)nn2)cc1. The van der Waals surface area contributed by atoms with E-state index in [1.54, 1.807) is 0 Å². The van der Waals surface area contributed by atoms with Crippen LogP contribution in [0.25, 0.3) is 11.3 Å². The molecule has 4 rings (SSSR count). The maximum absolute atomic E-state index is 13.4. The summed E-state index contributed by atoms with van der Waals surface area (Å²) in [5.74, 6) is -0.706. The van der Waals surface area contributed by atoms with Crippen LogP contribution in [0.1, 0.15) is 11.1 Å². The minimum absolute atomic E-state index is 0.117. The van der Waals surface area contributed by atoms with E-state index in [0.717, 1.165) is 22.9 Å². The molecule has 0 radical (unpaired) electrons. The van der Waals surface area contributed by atoms with Crippen molar-refractivity contribution >= 4 is 17.5 Å². The second-order valence-electron chi connectivity index (χ2n) is 7.74. The van der Waals surface area contributed by atoms with Gasteiger partial charge in [-0.2, -0.15) is 13.2 Å². The Morgan fingerprint density at radius 2 is 1.64 bits per heavy atom. The molecule has 1 aromatic heterocycles. The molecule has 0 bridgehead atoms. The molecule has 1 N–H and O–H groups in total. The first kappa shape index (κ1) is 22.5. The number of halogens is 4. The summed E-state index contributed by atoms with van der Waals surface area (Å²) in [5.41, 5.74) is 1.35. The average molecular weight is 459 g/mol. The molecular formula is C23H21F4N5O. The Labute approximate surface area is 187 Å². The molecule has 2 aromatic carbocycles. The lowest BCUT2D eigenvalue weighted by molar-refractivity contribution is -0.139. The molecule has 1 saturated heterocycles. The van der Waals surface area contributed by atoms with Gasteiger partial charge >= 0.3 is 12.2 Å². The third-order valence-corrected chi connectivity index (χ3v) is 5.41. The number of anilines is 2. The molecule has 1 aliphatic heterocycles. The zero-order chi connectivity index (χ0) is 23.6. The smallest absolute Gasteiger partial charge is 0.352 e. The van der Waals surface area contributed by atoms with Crippen molar-refractivity contribution in [3.05, 3.63) is 71.5 Å². The van der Waals surface area contributed by atoms with Gasteiger partial charge in [-0.15, -0.1) is 10.2 Å². The molecule has 0 unspecified atom stereocenters. The Morgan fingerprint density at radius 1 is 0.939 bits per heavy atom. The predicted octanol–water partition coefficient (Wildman–Crippen LogP) is 4.96. The molecule has 33 heavy (non-hydrogen) atoms. The van der Waals surface area contributed by atoms with Gasteiger partial charge in [-0.1, -0.05) is 29.8 Å². The zero-order valence-corrected chi connectivity index (χ0v) is 17.7. The van der Waals surface area contributed by atoms with Crippen molar-refractivity contribution in [2.75, 3.05) is 36.4 Å². The molecule has 10 heteroatoms. The first-order valence-corrected chi connectivity index (χ1v) is 10.3. The van der Waals surface area contributed by atoms with Crippen LogP contribution in [-0.2, 0) is 6.18 Å². The number of nitrogens with one attached hydrogen (secondary N) is 1. The Kier molecular flexibility index (Phi) is 6.17. The van der Waals surface area contributed by atoms with Gasteiger partial charge in [0.25, 0.3) is 0 Å². The van der Waals surface area contributed by atoms with Crippen LogP contribution in [-0.4, -0.2) is 47.3 Å². The van der Waals surface area contributed by atoms with Crippen molar-refractivity contribution in [1.82, 2.24) is 15.1 Å². The predicted molar refractivity (Wildman–Crippen MR) is 116 cm³/mol. The molecule has 1 fully saturated rings. The Balaban J connectivity index is 1.35. The van der Waals surface area contributed by atoms with Crippen molar-refractivity contribution < 1.29 is 22.4 Å². The molecule has 3 aromatic rings. The Bertz CT molecular complexity index is 1130. The van der Waals surface area contributed by atoms with E-state index in [1.165, 1.54) is 4.90 Å². The maximum Gasteiger partial charge on any atom is 0.419 e. The quantitative estimate of drug-likeness (QED) is 0.563. The molecule has 0 atom stereocenters. The highest BCUT2D eigenvalue weighted by Crippen LogP contribution is 2.33. The van der Waals surface area contributed by atoms with Gasteiger partial charge in [-0.3, -0.25) is 0 Å². The number of carbonyl (C=O) groups is 1. The molecule has 0 aliphatic carbocycles. The minimum atomic E-state index is -4.84. The van der Waals surface area contributed by atoms with Gasteiger partial charge in [0.05, 0.1) is 11.3 Å². The number of aromatic nitrogens is 2. The van der Waals surface area contributed by atoms with Gasteiger partial charge in [0, 0.05) is 37.4 Å². The van der Waals surface area contributed by atoms with E-state index in [1.807, 2.05) is 48.2 Å². The number of rotatable bonds is 3. The zero-order valence-electron chi connectivity index (χ0n) is 17.7. The fourth-order valence-corrected chi connectivity index (χ4v) is 3.53. The van der Waals surface area contributed by atoms with Crippen LogP contribution < -0.4 is 10.2 Å². The molecule has 172 valence electrons. The van der Waals surface area contributed by atoms with Gasteiger partial charge < -0.3 is 15.1 Å². The molecule has 0 spiro atoms. The second kappa shape index (κ2) is 9.05. The van der Waals surface area contributed by atoms with E-state index < -0.39 is 23.6 Å². The van der Waals surface area contributed by atoms with E-state index in [4.69, 9.17) is 0 Å². The van der Waals surface area contributed by atoms with Gasteiger partial charge in [0.1, 0.15) is 5.82 Å². The van der Waals surface area contributed by atoms with Crippen LogP contribution in [0.2, 0.25) is 0 Å². The maximum atomic E-state index is 13.4. The van der Waals surface area contributed by atoms with E-state index in [9.17, 15) is 22.4 Å². The minimum Gasteiger partial charge on any atom is -0.352 e. The van der Waals surface area contributed by atoms with Crippen LogP contribution in [0.3, 0.4) is 0 Å². The van der Waals surface area contributed by atoms with Crippen molar-refractivity contribution in [3.8, 4) is 11.3 Å². The van der Waals surface area contributed by atoms with E-state index in [-0.39, 0.29) is 5.69 Å². The molecule has 0 saturated carbocycles. The topological polar surface area (TPSA) is 61.4 Å². The molecule has 6 nitrogen and oxygen atoms in total. The second-order valence-corrected chi connectivity index (χ2v) is 7.74. The third-order valence-electron chi connectivity index (χ3n) is 5.41. The van der Waals surface area contributed by atoms with E-state index >= 15 is 0 Å². The van der Waals surface area contributed by atoms with Crippen LogP contribution in [0.5, 0.6) is 0 Å². The van der Waals surface area contributed by atoms with Gasteiger partial charge in [0.15, 0.2) is 5.82 Å². The van der Waals surface area contributed by atoms with Gasteiger partial charge in [-0.25, -0.2) is 9.18 Å². The monoisotopic (exact) mass is 459 g/mol. The highest BCUT2D eigenvalue weighted by Gasteiger charge is 2.34. The molecule has 2 heterocycles. The van der Waals surface area contributed by atoms with Crippen LogP contribution >= 0.6 is 0 Å². The van der Waals surface area contributed by atoms with Gasteiger partial charge in [0.2, 0.25) is 0 Å². The normalized spacial score (nSPS) is 14.3. The highest BCUT2D eigenvalue weighted by atomic mass is 19.4. The van der Waals surface area contributed by atoms with E-state index in [0.29, 0.717) is 44.1 Å². The number of aryl methyl sites for hydroxylation is 1. The number of hydrogen-bond donors (Lipinski definition) is 1. The fourth-order valence-electron chi connectivity index (χ4n) is 3.53. The lowest BCUT2D eigenvalue weighted by atomic mass is 10.1. The first-order chi connectivity index (χ1) is 15.7. The van der Waals surface area contributed by atoms with Crippen LogP contribution in [0, 0.1) is 12.7 Å². The summed E-state index contributed by atoms with van der Waals surface area (Å²) < 4.78 is 52.1. The summed E-state index contributed by atoms with van der Waals surface area (Å²) >= 11 is 0. The Hall–Kier alpha value is -3.69. The summed E-state index contributed by atoms with van der Waals surface area (Å²) in [4.78, 5) is 15.9. The number of hydrogen-bond acceptors (Lipinski definition) is 4. The largest absolute Gasteiger partial charge is 0.419 e. The lowest BCUT2D eigenvalue weighted by Crippen LogP contribution is -2.50. The molecule has 1 aliphatic rings. The number of benzene rings is 2. The number of carbonyl (C=O) groups excluding carboxylic acids is 1. The average Bonchev–Trinajstić information content (AvgIpc) is 2.80. The summed E-state index contributed by atoms with van der Waals surface area (Å²) in [6, 6.07) is 13.6. The summed E-state index contributed by atoms with van der Waals surface area (Å²) in [7, 11) is 0. The lowest BCUT2D eigenvalue weighted by Gasteiger charge is -2.35. The standard InChI is InChI=1S/C23H21F4N5O/c1-15-2-4-16(5-3-15)20-8-9-21(30-29-20)31-10-12-32(13-11-31)22(33)28-17-6-7-19(24)18(14-17)23(25,26)27/h2-9,14H,10-13H2,1H3,(H,28,33).